The highest BCUT2D eigenvalue weighted by molar-refractivity contribution is 7.80. The lowest BCUT2D eigenvalue weighted by atomic mass is 9.96. The molecule has 23 heavy (non-hydrogen) atoms. The van der Waals surface area contributed by atoms with Gasteiger partial charge in [-0.1, -0.05) is 25.3 Å². The summed E-state index contributed by atoms with van der Waals surface area (Å²) in [5.74, 6) is 0.216. The normalized spacial score (nSPS) is 19.0. The highest BCUT2D eigenvalue weighted by Crippen LogP contribution is 2.28. The van der Waals surface area contributed by atoms with E-state index in [4.69, 9.17) is 12.2 Å². The lowest BCUT2D eigenvalue weighted by Crippen LogP contribution is -2.38. The summed E-state index contributed by atoms with van der Waals surface area (Å²) < 4.78 is 0. The second-order valence-electron chi connectivity index (χ2n) is 6.58. The van der Waals surface area contributed by atoms with E-state index in [9.17, 15) is 4.79 Å². The first-order valence-corrected chi connectivity index (χ1v) is 9.03. The molecular weight excluding hydrogens is 306 g/mol. The number of thiocarbonyl (C=S) groups is 1. The van der Waals surface area contributed by atoms with Crippen LogP contribution in [0.3, 0.4) is 0 Å². The zero-order chi connectivity index (χ0) is 16.2. The van der Waals surface area contributed by atoms with Gasteiger partial charge in [0.05, 0.1) is 0 Å². The molecule has 0 atom stereocenters. The minimum atomic E-state index is 0.216. The fourth-order valence-corrected chi connectivity index (χ4v) is 3.76. The van der Waals surface area contributed by atoms with Gasteiger partial charge in [0.15, 0.2) is 5.11 Å². The minimum absolute atomic E-state index is 0.216. The fourth-order valence-electron chi connectivity index (χ4n) is 3.48. The largest absolute Gasteiger partial charge is 0.360 e. The highest BCUT2D eigenvalue weighted by atomic mass is 32.1. The molecule has 0 bridgehead atoms. The third kappa shape index (κ3) is 4.02. The quantitative estimate of drug-likeness (QED) is 0.828. The molecule has 4 nitrogen and oxygen atoms in total. The van der Waals surface area contributed by atoms with Gasteiger partial charge in [0.25, 0.3) is 0 Å². The van der Waals surface area contributed by atoms with Gasteiger partial charge >= 0.3 is 0 Å². The summed E-state index contributed by atoms with van der Waals surface area (Å²) in [6.07, 6.45) is 7.89. The van der Waals surface area contributed by atoms with E-state index in [-0.39, 0.29) is 5.91 Å². The molecule has 5 heteroatoms. The Bertz CT molecular complexity index is 596. The average Bonchev–Trinajstić information content (AvgIpc) is 2.96. The van der Waals surface area contributed by atoms with E-state index in [0.717, 1.165) is 29.9 Å². The van der Waals surface area contributed by atoms with Crippen LogP contribution < -0.4 is 15.5 Å². The van der Waals surface area contributed by atoms with Crippen LogP contribution in [0.25, 0.3) is 0 Å². The maximum absolute atomic E-state index is 12.0. The van der Waals surface area contributed by atoms with Gasteiger partial charge in [0, 0.05) is 30.4 Å². The average molecular weight is 331 g/mol. The summed E-state index contributed by atoms with van der Waals surface area (Å²) in [6.45, 7) is 2.86. The number of amides is 1. The molecule has 1 aliphatic carbocycles. The topological polar surface area (TPSA) is 44.4 Å². The van der Waals surface area contributed by atoms with E-state index in [1.54, 1.807) is 0 Å². The van der Waals surface area contributed by atoms with E-state index in [0.29, 0.717) is 17.6 Å². The van der Waals surface area contributed by atoms with Crippen molar-refractivity contribution in [1.82, 2.24) is 5.32 Å². The van der Waals surface area contributed by atoms with Gasteiger partial charge in [-0.05, 0) is 56.1 Å². The van der Waals surface area contributed by atoms with E-state index >= 15 is 0 Å². The lowest BCUT2D eigenvalue weighted by Gasteiger charge is -2.25. The Balaban J connectivity index is 1.65. The van der Waals surface area contributed by atoms with Crippen LogP contribution in [0.4, 0.5) is 11.4 Å². The molecule has 3 rings (SSSR count). The number of anilines is 2. The molecule has 0 unspecified atom stereocenters. The Labute approximate surface area is 143 Å². The van der Waals surface area contributed by atoms with Gasteiger partial charge in [-0.15, -0.1) is 0 Å². The molecule has 1 saturated carbocycles. The van der Waals surface area contributed by atoms with E-state index in [1.165, 1.54) is 32.1 Å². The molecule has 0 radical (unpaired) electrons. The molecule has 124 valence electrons. The monoisotopic (exact) mass is 331 g/mol. The Morgan fingerprint density at radius 2 is 2.00 bits per heavy atom. The predicted molar refractivity (Wildman–Crippen MR) is 99.0 cm³/mol. The number of nitrogens with zero attached hydrogens (tertiary/aromatic N) is 1. The van der Waals surface area contributed by atoms with Gasteiger partial charge in [-0.2, -0.15) is 0 Å². The van der Waals surface area contributed by atoms with Gasteiger partial charge in [-0.25, -0.2) is 0 Å². The number of rotatable bonds is 3. The smallest absolute Gasteiger partial charge is 0.227 e. The van der Waals surface area contributed by atoms with Gasteiger partial charge in [0.1, 0.15) is 0 Å². The number of hydrogen-bond donors (Lipinski definition) is 2. The van der Waals surface area contributed by atoms with Crippen LogP contribution >= 0.6 is 12.2 Å². The van der Waals surface area contributed by atoms with Crippen LogP contribution in [0.2, 0.25) is 0 Å². The summed E-state index contributed by atoms with van der Waals surface area (Å²) in [7, 11) is 0. The number of carbonyl (C=O) groups excluding carboxylic acids is 1. The summed E-state index contributed by atoms with van der Waals surface area (Å²) in [5.41, 5.74) is 3.06. The van der Waals surface area contributed by atoms with Crippen molar-refractivity contribution in [1.29, 1.82) is 0 Å². The molecule has 0 aromatic heterocycles. The van der Waals surface area contributed by atoms with Crippen LogP contribution in [0, 0.1) is 6.92 Å². The minimum Gasteiger partial charge on any atom is -0.360 e. The standard InChI is InChI=1S/C18H25N3OS/c1-13-9-10-15(12-16(13)21-11-5-8-17(21)22)20-18(23)19-14-6-3-2-4-7-14/h9-10,12,14H,2-8,11H2,1H3,(H2,19,20,23). The lowest BCUT2D eigenvalue weighted by molar-refractivity contribution is -0.117. The molecule has 1 aromatic rings. The third-order valence-corrected chi connectivity index (χ3v) is 4.99. The second-order valence-corrected chi connectivity index (χ2v) is 6.99. The molecule has 1 saturated heterocycles. The summed E-state index contributed by atoms with van der Waals surface area (Å²) in [4.78, 5) is 13.9. The second kappa shape index (κ2) is 7.30. The zero-order valence-electron chi connectivity index (χ0n) is 13.7. The SMILES string of the molecule is Cc1ccc(NC(=S)NC2CCCCC2)cc1N1CCCC1=O. The van der Waals surface area contributed by atoms with Gasteiger partial charge < -0.3 is 15.5 Å². The molecule has 0 spiro atoms. The van der Waals surface area contributed by atoms with Crippen molar-refractivity contribution in [2.75, 3.05) is 16.8 Å². The van der Waals surface area contributed by atoms with Crippen molar-refractivity contribution >= 4 is 34.6 Å². The highest BCUT2D eigenvalue weighted by Gasteiger charge is 2.23. The van der Waals surface area contributed by atoms with Crippen molar-refractivity contribution in [3.8, 4) is 0 Å². The molecule has 1 aromatic carbocycles. The van der Waals surface area contributed by atoms with Gasteiger partial charge in [0.2, 0.25) is 5.91 Å². The molecule has 1 amide bonds. The fraction of sp³-hybridized carbons (Fsp3) is 0.556. The molecule has 2 N–H and O–H groups in total. The van der Waals surface area contributed by atoms with Crippen LogP contribution in [0.5, 0.6) is 0 Å². The number of aryl methyl sites for hydroxylation is 1. The van der Waals surface area contributed by atoms with Crippen molar-refractivity contribution in [2.24, 2.45) is 0 Å². The van der Waals surface area contributed by atoms with Crippen LogP contribution in [0.1, 0.15) is 50.5 Å². The Kier molecular flexibility index (Phi) is 5.16. The molecule has 1 aliphatic heterocycles. The summed E-state index contributed by atoms with van der Waals surface area (Å²) in [6, 6.07) is 6.60. The van der Waals surface area contributed by atoms with E-state index in [2.05, 4.69) is 10.6 Å². The maximum Gasteiger partial charge on any atom is 0.227 e. The Morgan fingerprint density at radius 3 is 2.70 bits per heavy atom. The van der Waals surface area contributed by atoms with Crippen molar-refractivity contribution in [3.63, 3.8) is 0 Å². The van der Waals surface area contributed by atoms with Crippen LogP contribution in [0.15, 0.2) is 18.2 Å². The van der Waals surface area contributed by atoms with E-state index in [1.807, 2.05) is 30.0 Å². The molecule has 2 aliphatic rings. The van der Waals surface area contributed by atoms with E-state index < -0.39 is 0 Å². The van der Waals surface area contributed by atoms with Crippen LogP contribution in [-0.4, -0.2) is 23.6 Å². The Hall–Kier alpha value is -1.62. The molecule has 1 heterocycles. The molecular formula is C18H25N3OS. The first-order chi connectivity index (χ1) is 11.1. The summed E-state index contributed by atoms with van der Waals surface area (Å²) >= 11 is 5.45. The first-order valence-electron chi connectivity index (χ1n) is 8.62. The maximum atomic E-state index is 12.0. The number of carbonyl (C=O) groups is 1. The van der Waals surface area contributed by atoms with Gasteiger partial charge in [-0.3, -0.25) is 4.79 Å². The summed E-state index contributed by atoms with van der Waals surface area (Å²) in [5, 5.41) is 7.38. The van der Waals surface area contributed by atoms with Crippen molar-refractivity contribution < 1.29 is 4.79 Å². The first kappa shape index (κ1) is 16.2. The Morgan fingerprint density at radius 1 is 1.22 bits per heavy atom. The number of nitrogens with one attached hydrogen (secondary N) is 2. The zero-order valence-corrected chi connectivity index (χ0v) is 14.5. The third-order valence-electron chi connectivity index (χ3n) is 4.77. The van der Waals surface area contributed by atoms with Crippen molar-refractivity contribution in [3.05, 3.63) is 23.8 Å². The number of hydrogen-bond acceptors (Lipinski definition) is 2. The number of benzene rings is 1. The predicted octanol–water partition coefficient (Wildman–Crippen LogP) is 3.74. The molecule has 2 fully saturated rings. The van der Waals surface area contributed by atoms with Crippen LogP contribution in [-0.2, 0) is 4.79 Å². The van der Waals surface area contributed by atoms with Crippen molar-refractivity contribution in [2.45, 2.75) is 57.9 Å².